The predicted octanol–water partition coefficient (Wildman–Crippen LogP) is 3.48. The van der Waals surface area contributed by atoms with E-state index in [1.807, 2.05) is 24.3 Å². The van der Waals surface area contributed by atoms with Gasteiger partial charge in [0.1, 0.15) is 0 Å². The fourth-order valence-corrected chi connectivity index (χ4v) is 3.02. The molecule has 122 valence electrons. The second-order valence-corrected chi connectivity index (χ2v) is 6.49. The maximum Gasteiger partial charge on any atom is 0.269 e. The van der Waals surface area contributed by atoms with Gasteiger partial charge in [-0.3, -0.25) is 24.6 Å². The van der Waals surface area contributed by atoms with Gasteiger partial charge in [0.15, 0.2) is 0 Å². The number of hydrogen-bond donors (Lipinski definition) is 0. The number of nitro benzene ring substituents is 1. The van der Waals surface area contributed by atoms with Gasteiger partial charge in [-0.15, -0.1) is 0 Å². The lowest BCUT2D eigenvalue weighted by Crippen LogP contribution is -2.30. The number of amides is 2. The highest BCUT2D eigenvalue weighted by molar-refractivity contribution is 9.10. The molecule has 6 nitrogen and oxygen atoms in total. The van der Waals surface area contributed by atoms with Gasteiger partial charge < -0.3 is 0 Å². The summed E-state index contributed by atoms with van der Waals surface area (Å²) in [4.78, 5) is 36.1. The third kappa shape index (κ3) is 3.21. The van der Waals surface area contributed by atoms with Crippen molar-refractivity contribution in [3.05, 3.63) is 68.7 Å². The fourth-order valence-electron chi connectivity index (χ4n) is 2.75. The van der Waals surface area contributed by atoms with Crippen LogP contribution in [0.2, 0.25) is 0 Å². The Morgan fingerprint density at radius 2 is 1.71 bits per heavy atom. The Hall–Kier alpha value is -2.54. The van der Waals surface area contributed by atoms with Crippen LogP contribution in [0, 0.1) is 16.0 Å². The Balaban J connectivity index is 1.78. The van der Waals surface area contributed by atoms with Crippen LogP contribution in [0.15, 0.2) is 53.0 Å². The number of nitro groups is 1. The molecule has 7 heteroatoms. The number of carbonyl (C=O) groups is 2. The topological polar surface area (TPSA) is 80.5 Å². The van der Waals surface area contributed by atoms with E-state index >= 15 is 0 Å². The summed E-state index contributed by atoms with van der Waals surface area (Å²) >= 11 is 3.36. The molecule has 0 aromatic heterocycles. The van der Waals surface area contributed by atoms with Crippen LogP contribution in [-0.4, -0.2) is 16.7 Å². The van der Waals surface area contributed by atoms with Gasteiger partial charge in [0.2, 0.25) is 11.8 Å². The minimum atomic E-state index is -0.520. The molecule has 0 saturated carbocycles. The summed E-state index contributed by atoms with van der Waals surface area (Å²) in [5, 5.41) is 10.7. The summed E-state index contributed by atoms with van der Waals surface area (Å²) in [7, 11) is 0. The van der Waals surface area contributed by atoms with Crippen molar-refractivity contribution >= 4 is 39.1 Å². The highest BCUT2D eigenvalue weighted by atomic mass is 79.9. The van der Waals surface area contributed by atoms with Crippen molar-refractivity contribution in [3.8, 4) is 0 Å². The van der Waals surface area contributed by atoms with Gasteiger partial charge >= 0.3 is 0 Å². The average Bonchev–Trinajstić information content (AvgIpc) is 2.83. The van der Waals surface area contributed by atoms with E-state index < -0.39 is 10.8 Å². The average molecular weight is 389 g/mol. The molecule has 3 rings (SSSR count). The third-order valence-corrected chi connectivity index (χ3v) is 4.48. The molecule has 1 aliphatic heterocycles. The van der Waals surface area contributed by atoms with Gasteiger partial charge in [-0.25, -0.2) is 0 Å². The first-order valence-electron chi connectivity index (χ1n) is 7.31. The molecule has 0 bridgehead atoms. The molecule has 1 fully saturated rings. The SMILES string of the molecule is O=C1CC(Cc2ccc(Br)cc2)C(=O)N1c1ccc([N+](=O)[O-])cc1. The van der Waals surface area contributed by atoms with E-state index in [-0.39, 0.29) is 23.9 Å². The van der Waals surface area contributed by atoms with Crippen LogP contribution in [0.4, 0.5) is 11.4 Å². The molecule has 0 radical (unpaired) electrons. The fraction of sp³-hybridized carbons (Fsp3) is 0.176. The minimum absolute atomic E-state index is 0.0794. The van der Waals surface area contributed by atoms with Crippen LogP contribution in [-0.2, 0) is 16.0 Å². The van der Waals surface area contributed by atoms with Gasteiger partial charge in [-0.2, -0.15) is 0 Å². The molecular formula is C17H13BrN2O4. The Bertz CT molecular complexity index is 802. The van der Waals surface area contributed by atoms with E-state index in [1.165, 1.54) is 24.3 Å². The third-order valence-electron chi connectivity index (χ3n) is 3.95. The van der Waals surface area contributed by atoms with Crippen molar-refractivity contribution in [1.82, 2.24) is 0 Å². The maximum atomic E-state index is 12.6. The summed E-state index contributed by atoms with van der Waals surface area (Å²) in [6.45, 7) is 0. The highest BCUT2D eigenvalue weighted by Crippen LogP contribution is 2.30. The van der Waals surface area contributed by atoms with Crippen LogP contribution in [0.1, 0.15) is 12.0 Å². The second kappa shape index (κ2) is 6.52. The quantitative estimate of drug-likeness (QED) is 0.456. The van der Waals surface area contributed by atoms with E-state index in [0.717, 1.165) is 14.9 Å². The molecule has 1 saturated heterocycles. The summed E-state index contributed by atoms with van der Waals surface area (Å²) in [6.07, 6.45) is 0.632. The summed E-state index contributed by atoms with van der Waals surface area (Å²) in [5.41, 5.74) is 1.27. The molecular weight excluding hydrogens is 376 g/mol. The monoisotopic (exact) mass is 388 g/mol. The van der Waals surface area contributed by atoms with Crippen molar-refractivity contribution in [2.24, 2.45) is 5.92 Å². The van der Waals surface area contributed by atoms with Crippen LogP contribution < -0.4 is 4.90 Å². The van der Waals surface area contributed by atoms with Crippen molar-refractivity contribution in [2.45, 2.75) is 12.8 Å². The lowest BCUT2D eigenvalue weighted by Gasteiger charge is -2.15. The normalized spacial score (nSPS) is 17.4. The highest BCUT2D eigenvalue weighted by Gasteiger charge is 2.39. The molecule has 0 N–H and O–H groups in total. The van der Waals surface area contributed by atoms with Gasteiger partial charge in [-0.05, 0) is 36.2 Å². The number of imide groups is 1. The molecule has 1 heterocycles. The minimum Gasteiger partial charge on any atom is -0.274 e. The number of hydrogen-bond acceptors (Lipinski definition) is 4. The molecule has 24 heavy (non-hydrogen) atoms. The first-order valence-corrected chi connectivity index (χ1v) is 8.10. The number of rotatable bonds is 4. The van der Waals surface area contributed by atoms with Crippen LogP contribution in [0.3, 0.4) is 0 Å². The number of non-ortho nitro benzene ring substituents is 1. The molecule has 2 aromatic rings. The lowest BCUT2D eigenvalue weighted by atomic mass is 9.98. The standard InChI is InChI=1S/C17H13BrN2O4/c18-13-3-1-11(2-4-13)9-12-10-16(21)19(17(12)22)14-5-7-15(8-6-14)20(23)24/h1-8,12H,9-10H2. The van der Waals surface area contributed by atoms with E-state index in [0.29, 0.717) is 12.1 Å². The van der Waals surface area contributed by atoms with Crippen LogP contribution >= 0.6 is 15.9 Å². The zero-order valence-electron chi connectivity index (χ0n) is 12.5. The molecule has 1 aliphatic rings. The zero-order chi connectivity index (χ0) is 17.3. The maximum absolute atomic E-state index is 12.6. The van der Waals surface area contributed by atoms with Gasteiger partial charge in [-0.1, -0.05) is 28.1 Å². The van der Waals surface area contributed by atoms with E-state index in [1.54, 1.807) is 0 Å². The van der Waals surface area contributed by atoms with Gasteiger partial charge in [0.25, 0.3) is 5.69 Å². The molecule has 2 amide bonds. The van der Waals surface area contributed by atoms with Crippen molar-refractivity contribution in [2.75, 3.05) is 4.90 Å². The van der Waals surface area contributed by atoms with Crippen LogP contribution in [0.5, 0.6) is 0 Å². The Kier molecular flexibility index (Phi) is 4.44. The molecule has 0 spiro atoms. The second-order valence-electron chi connectivity index (χ2n) is 5.57. The number of nitrogens with zero attached hydrogens (tertiary/aromatic N) is 2. The number of anilines is 1. The summed E-state index contributed by atoms with van der Waals surface area (Å²) < 4.78 is 0.951. The van der Waals surface area contributed by atoms with E-state index in [2.05, 4.69) is 15.9 Å². The van der Waals surface area contributed by atoms with Gasteiger partial charge in [0, 0.05) is 23.0 Å². The number of halogens is 1. The van der Waals surface area contributed by atoms with E-state index in [4.69, 9.17) is 0 Å². The molecule has 1 atom stereocenters. The molecule has 2 aromatic carbocycles. The largest absolute Gasteiger partial charge is 0.274 e. The van der Waals surface area contributed by atoms with Gasteiger partial charge in [0.05, 0.1) is 16.5 Å². The zero-order valence-corrected chi connectivity index (χ0v) is 14.1. The van der Waals surface area contributed by atoms with E-state index in [9.17, 15) is 19.7 Å². The van der Waals surface area contributed by atoms with Crippen molar-refractivity contribution in [1.29, 1.82) is 0 Å². The molecule has 0 aliphatic carbocycles. The first kappa shape index (κ1) is 16.3. The predicted molar refractivity (Wildman–Crippen MR) is 91.5 cm³/mol. The summed E-state index contributed by atoms with van der Waals surface area (Å²) in [5.74, 6) is -0.957. The Morgan fingerprint density at radius 1 is 1.08 bits per heavy atom. The smallest absolute Gasteiger partial charge is 0.269 e. The summed E-state index contributed by atoms with van der Waals surface area (Å²) in [6, 6.07) is 13.0. The Labute approximate surface area is 146 Å². The Morgan fingerprint density at radius 3 is 2.29 bits per heavy atom. The molecule has 1 unspecified atom stereocenters. The van der Waals surface area contributed by atoms with Crippen LogP contribution in [0.25, 0.3) is 0 Å². The number of benzene rings is 2. The van der Waals surface area contributed by atoms with Crippen molar-refractivity contribution < 1.29 is 14.5 Å². The first-order chi connectivity index (χ1) is 11.5. The number of carbonyl (C=O) groups excluding carboxylic acids is 2. The van der Waals surface area contributed by atoms with Crippen molar-refractivity contribution in [3.63, 3.8) is 0 Å². The lowest BCUT2D eigenvalue weighted by molar-refractivity contribution is -0.384.